The molecule has 2 aromatic rings. The van der Waals surface area contributed by atoms with E-state index in [2.05, 4.69) is 12.1 Å². The van der Waals surface area contributed by atoms with Gasteiger partial charge in [-0.25, -0.2) is 0 Å². The van der Waals surface area contributed by atoms with Gasteiger partial charge in [-0.3, -0.25) is 0 Å². The van der Waals surface area contributed by atoms with Crippen molar-refractivity contribution in [2.45, 2.75) is 39.6 Å². The molecule has 0 saturated heterocycles. The number of aliphatic hydroxyl groups is 3. The molecule has 3 N–H and O–H groups in total. The van der Waals surface area contributed by atoms with Crippen LogP contribution in [0.4, 0.5) is 0 Å². The van der Waals surface area contributed by atoms with Crippen molar-refractivity contribution >= 4 is 17.7 Å². The normalized spacial score (nSPS) is 13.0. The predicted molar refractivity (Wildman–Crippen MR) is 113 cm³/mol. The van der Waals surface area contributed by atoms with Gasteiger partial charge in [0.15, 0.2) is 0 Å². The van der Waals surface area contributed by atoms with E-state index in [1.54, 1.807) is 19.9 Å². The second-order valence-corrected chi connectivity index (χ2v) is 7.17. The molecule has 3 heteroatoms. The highest BCUT2D eigenvalue weighted by molar-refractivity contribution is 5.73. The summed E-state index contributed by atoms with van der Waals surface area (Å²) in [5.74, 6) is 0. The molecule has 0 aliphatic carbocycles. The van der Waals surface area contributed by atoms with E-state index in [0.717, 1.165) is 33.4 Å². The summed E-state index contributed by atoms with van der Waals surface area (Å²) < 4.78 is 0. The Labute approximate surface area is 161 Å². The van der Waals surface area contributed by atoms with Gasteiger partial charge in [0, 0.05) is 0 Å². The third-order valence-electron chi connectivity index (χ3n) is 4.23. The first-order valence-corrected chi connectivity index (χ1v) is 9.03. The lowest BCUT2D eigenvalue weighted by Gasteiger charge is -2.09. The molecule has 0 unspecified atom stereocenters. The van der Waals surface area contributed by atoms with Gasteiger partial charge < -0.3 is 15.3 Å². The fourth-order valence-electron chi connectivity index (χ4n) is 2.66. The Morgan fingerprint density at radius 1 is 0.926 bits per heavy atom. The minimum absolute atomic E-state index is 0.0740. The van der Waals surface area contributed by atoms with Crippen molar-refractivity contribution in [2.24, 2.45) is 0 Å². The molecule has 0 aliphatic heterocycles. The molecule has 142 valence electrons. The molecule has 0 atom stereocenters. The highest BCUT2D eigenvalue weighted by Crippen LogP contribution is 2.19. The maximum Gasteiger partial charge on any atom is 0.0774 e. The average molecular weight is 364 g/mol. The SMILES string of the molecule is CC(=CC=CC(C)(C)O)c1cccc(C=Cc2ccc(CO)c(CO)c2)c1. The van der Waals surface area contributed by atoms with Crippen LogP contribution in [0.15, 0.2) is 60.7 Å². The van der Waals surface area contributed by atoms with Gasteiger partial charge in [-0.15, -0.1) is 0 Å². The summed E-state index contributed by atoms with van der Waals surface area (Å²) in [7, 11) is 0. The van der Waals surface area contributed by atoms with Gasteiger partial charge in [-0.05, 0) is 66.3 Å². The molecule has 0 bridgehead atoms. The summed E-state index contributed by atoms with van der Waals surface area (Å²) in [6.07, 6.45) is 9.64. The minimum atomic E-state index is -0.819. The molecule has 2 aromatic carbocycles. The summed E-state index contributed by atoms with van der Waals surface area (Å²) in [4.78, 5) is 0. The quantitative estimate of drug-likeness (QED) is 0.498. The van der Waals surface area contributed by atoms with Crippen LogP contribution in [0, 0.1) is 0 Å². The Kier molecular flexibility index (Phi) is 7.31. The van der Waals surface area contributed by atoms with E-state index in [4.69, 9.17) is 0 Å². The third kappa shape index (κ3) is 6.65. The summed E-state index contributed by atoms with van der Waals surface area (Å²) in [5, 5.41) is 28.4. The molecule has 0 radical (unpaired) electrons. The van der Waals surface area contributed by atoms with Crippen LogP contribution in [0.5, 0.6) is 0 Å². The van der Waals surface area contributed by atoms with Crippen LogP contribution >= 0.6 is 0 Å². The summed E-state index contributed by atoms with van der Waals surface area (Å²) >= 11 is 0. The first-order valence-electron chi connectivity index (χ1n) is 9.03. The van der Waals surface area contributed by atoms with E-state index in [1.807, 2.05) is 61.6 Å². The second-order valence-electron chi connectivity index (χ2n) is 7.17. The van der Waals surface area contributed by atoms with Gasteiger partial charge in [0.2, 0.25) is 0 Å². The van der Waals surface area contributed by atoms with Crippen LogP contribution in [-0.2, 0) is 13.2 Å². The Morgan fingerprint density at radius 3 is 2.22 bits per heavy atom. The van der Waals surface area contributed by atoms with E-state index in [-0.39, 0.29) is 13.2 Å². The third-order valence-corrected chi connectivity index (χ3v) is 4.23. The van der Waals surface area contributed by atoms with Gasteiger partial charge in [-0.2, -0.15) is 0 Å². The number of allylic oxidation sites excluding steroid dienone is 3. The van der Waals surface area contributed by atoms with E-state index in [1.165, 1.54) is 0 Å². The molecule has 0 fully saturated rings. The zero-order chi connectivity index (χ0) is 19.9. The maximum atomic E-state index is 9.74. The van der Waals surface area contributed by atoms with Crippen LogP contribution < -0.4 is 0 Å². The zero-order valence-corrected chi connectivity index (χ0v) is 16.2. The Hall–Kier alpha value is -2.46. The smallest absolute Gasteiger partial charge is 0.0774 e. The molecule has 0 heterocycles. The van der Waals surface area contributed by atoms with Crippen molar-refractivity contribution in [3.63, 3.8) is 0 Å². The second kappa shape index (κ2) is 9.47. The molecular formula is C24H28O3. The van der Waals surface area contributed by atoms with E-state index in [9.17, 15) is 15.3 Å². The molecule has 0 aromatic heterocycles. The van der Waals surface area contributed by atoms with E-state index in [0.29, 0.717) is 0 Å². The van der Waals surface area contributed by atoms with Crippen molar-refractivity contribution in [1.29, 1.82) is 0 Å². The van der Waals surface area contributed by atoms with Gasteiger partial charge in [0.1, 0.15) is 0 Å². The summed E-state index contributed by atoms with van der Waals surface area (Å²) in [6.45, 7) is 5.37. The first-order chi connectivity index (χ1) is 12.8. The number of hydrogen-bond donors (Lipinski definition) is 3. The predicted octanol–water partition coefficient (Wildman–Crippen LogP) is 4.57. The lowest BCUT2D eigenvalue weighted by atomic mass is 10.0. The highest BCUT2D eigenvalue weighted by Gasteiger charge is 2.05. The molecule has 3 nitrogen and oxygen atoms in total. The van der Waals surface area contributed by atoms with Crippen LogP contribution in [0.25, 0.3) is 17.7 Å². The number of rotatable bonds is 7. The highest BCUT2D eigenvalue weighted by atomic mass is 16.3. The summed E-state index contributed by atoms with van der Waals surface area (Å²) in [6, 6.07) is 13.9. The molecular weight excluding hydrogens is 336 g/mol. The van der Waals surface area contributed by atoms with Crippen molar-refractivity contribution in [3.05, 3.63) is 88.5 Å². The molecule has 0 saturated carbocycles. The average Bonchev–Trinajstić information content (AvgIpc) is 2.65. The fourth-order valence-corrected chi connectivity index (χ4v) is 2.66. The van der Waals surface area contributed by atoms with Crippen LogP contribution in [0.3, 0.4) is 0 Å². The molecule has 27 heavy (non-hydrogen) atoms. The van der Waals surface area contributed by atoms with Crippen molar-refractivity contribution in [2.75, 3.05) is 0 Å². The standard InChI is InChI=1S/C24H28O3/c1-18(6-5-13-24(2,3)27)21-8-4-7-19(14-21)9-10-20-11-12-22(16-25)23(15-20)17-26/h4-15,25-27H,16-17H2,1-3H3. The van der Waals surface area contributed by atoms with Crippen LogP contribution in [-0.4, -0.2) is 20.9 Å². The van der Waals surface area contributed by atoms with Crippen molar-refractivity contribution < 1.29 is 15.3 Å². The van der Waals surface area contributed by atoms with Gasteiger partial charge in [0.25, 0.3) is 0 Å². The number of aliphatic hydroxyl groups excluding tert-OH is 2. The maximum absolute atomic E-state index is 9.74. The summed E-state index contributed by atoms with van der Waals surface area (Å²) in [5.41, 5.74) is 4.94. The van der Waals surface area contributed by atoms with Gasteiger partial charge in [0.05, 0.1) is 18.8 Å². The fraction of sp³-hybridized carbons (Fsp3) is 0.250. The lowest BCUT2D eigenvalue weighted by Crippen LogP contribution is -2.13. The number of hydrogen-bond acceptors (Lipinski definition) is 3. The minimum Gasteiger partial charge on any atom is -0.392 e. The molecule has 0 aliphatic rings. The first kappa shape index (κ1) is 20.8. The monoisotopic (exact) mass is 364 g/mol. The van der Waals surface area contributed by atoms with E-state index >= 15 is 0 Å². The van der Waals surface area contributed by atoms with Crippen molar-refractivity contribution in [3.8, 4) is 0 Å². The Morgan fingerprint density at radius 2 is 1.59 bits per heavy atom. The van der Waals surface area contributed by atoms with Crippen LogP contribution in [0.1, 0.15) is 48.6 Å². The van der Waals surface area contributed by atoms with E-state index < -0.39 is 5.60 Å². The lowest BCUT2D eigenvalue weighted by molar-refractivity contribution is 0.133. The van der Waals surface area contributed by atoms with Crippen molar-refractivity contribution in [1.82, 2.24) is 0 Å². The van der Waals surface area contributed by atoms with Crippen LogP contribution in [0.2, 0.25) is 0 Å². The largest absolute Gasteiger partial charge is 0.392 e. The number of benzene rings is 2. The topological polar surface area (TPSA) is 60.7 Å². The zero-order valence-electron chi connectivity index (χ0n) is 16.2. The van der Waals surface area contributed by atoms with Gasteiger partial charge in [-0.1, -0.05) is 60.7 Å². The molecule has 0 amide bonds. The molecule has 0 spiro atoms. The molecule has 2 rings (SSSR count). The van der Waals surface area contributed by atoms with Gasteiger partial charge >= 0.3 is 0 Å². The Balaban J connectivity index is 2.19. The Bertz CT molecular complexity index is 852.